The molecule has 3 rings (SSSR count). The van der Waals surface area contributed by atoms with Crippen LogP contribution in [0.4, 0.5) is 0 Å². The summed E-state index contributed by atoms with van der Waals surface area (Å²) < 4.78 is 2.16. The summed E-state index contributed by atoms with van der Waals surface area (Å²) in [6.45, 7) is 2.92. The van der Waals surface area contributed by atoms with Gasteiger partial charge in [-0.3, -0.25) is 4.79 Å². The zero-order chi connectivity index (χ0) is 13.4. The van der Waals surface area contributed by atoms with Gasteiger partial charge in [-0.2, -0.15) is 0 Å². The number of hydrogen-bond acceptors (Lipinski definition) is 4. The molecule has 0 aromatic carbocycles. The highest BCUT2D eigenvalue weighted by Gasteiger charge is 2.31. The summed E-state index contributed by atoms with van der Waals surface area (Å²) in [7, 11) is 2.14. The molecule has 0 bridgehead atoms. The molecule has 2 atom stereocenters. The second-order valence-corrected chi connectivity index (χ2v) is 5.76. The number of piperidine rings is 1. The molecule has 104 valence electrons. The second-order valence-electron chi connectivity index (χ2n) is 5.76. The molecule has 1 fully saturated rings. The first-order valence-corrected chi connectivity index (χ1v) is 6.98. The first kappa shape index (κ1) is 12.6. The summed E-state index contributed by atoms with van der Waals surface area (Å²) in [4.78, 5) is 13.4. The van der Waals surface area contributed by atoms with Gasteiger partial charge in [0.2, 0.25) is 0 Å². The Morgan fingerprint density at radius 3 is 2.89 bits per heavy atom. The molecule has 3 heterocycles. The molecule has 2 aliphatic heterocycles. The molecule has 19 heavy (non-hydrogen) atoms. The molecule has 0 aliphatic carbocycles. The van der Waals surface area contributed by atoms with Crippen molar-refractivity contribution in [3.63, 3.8) is 0 Å². The Labute approximate surface area is 112 Å². The van der Waals surface area contributed by atoms with Gasteiger partial charge in [0.05, 0.1) is 5.92 Å². The van der Waals surface area contributed by atoms with Gasteiger partial charge in [0.25, 0.3) is 0 Å². The fraction of sp³-hybridized carbons (Fsp3) is 0.769. The number of aromatic nitrogens is 3. The van der Waals surface area contributed by atoms with Crippen LogP contribution in [0.25, 0.3) is 0 Å². The number of nitrogens with zero attached hydrogens (tertiary/aromatic N) is 4. The van der Waals surface area contributed by atoms with Crippen LogP contribution in [0.3, 0.4) is 0 Å². The van der Waals surface area contributed by atoms with Crippen molar-refractivity contribution in [2.75, 3.05) is 20.1 Å². The minimum Gasteiger partial charge on any atom is -0.481 e. The van der Waals surface area contributed by atoms with Gasteiger partial charge in [0.15, 0.2) is 0 Å². The van der Waals surface area contributed by atoms with Crippen molar-refractivity contribution in [2.24, 2.45) is 5.92 Å². The van der Waals surface area contributed by atoms with Crippen LogP contribution in [-0.2, 0) is 17.8 Å². The summed E-state index contributed by atoms with van der Waals surface area (Å²) in [6, 6.07) is 0. The summed E-state index contributed by atoms with van der Waals surface area (Å²) >= 11 is 0. The fourth-order valence-corrected chi connectivity index (χ4v) is 3.24. The molecule has 1 aromatic heterocycles. The molecule has 1 N–H and O–H groups in total. The number of rotatable bonds is 2. The third-order valence-corrected chi connectivity index (χ3v) is 4.33. The van der Waals surface area contributed by atoms with Crippen LogP contribution in [0, 0.1) is 5.92 Å². The molecule has 1 saturated heterocycles. The number of likely N-dealkylation sites (N-methyl/N-ethyl adjacent to an activating group) is 1. The first-order valence-electron chi connectivity index (χ1n) is 6.98. The number of aliphatic carboxylic acids is 1. The Hall–Kier alpha value is -1.43. The van der Waals surface area contributed by atoms with Gasteiger partial charge in [-0.15, -0.1) is 10.2 Å². The summed E-state index contributed by atoms with van der Waals surface area (Å²) in [6.07, 6.45) is 3.56. The minimum atomic E-state index is -0.715. The van der Waals surface area contributed by atoms with Crippen molar-refractivity contribution in [1.29, 1.82) is 0 Å². The molecule has 0 spiro atoms. The topological polar surface area (TPSA) is 71.2 Å². The normalized spacial score (nSPS) is 28.1. The van der Waals surface area contributed by atoms with Gasteiger partial charge in [-0.1, -0.05) is 0 Å². The van der Waals surface area contributed by atoms with E-state index >= 15 is 0 Å². The van der Waals surface area contributed by atoms with Gasteiger partial charge in [0.1, 0.15) is 11.6 Å². The molecular formula is C13H20N4O2. The van der Waals surface area contributed by atoms with Crippen molar-refractivity contribution in [1.82, 2.24) is 19.7 Å². The predicted octanol–water partition coefficient (Wildman–Crippen LogP) is 0.734. The van der Waals surface area contributed by atoms with Crippen molar-refractivity contribution in [3.8, 4) is 0 Å². The Morgan fingerprint density at radius 1 is 1.32 bits per heavy atom. The van der Waals surface area contributed by atoms with E-state index < -0.39 is 5.97 Å². The van der Waals surface area contributed by atoms with Crippen LogP contribution < -0.4 is 0 Å². The van der Waals surface area contributed by atoms with Gasteiger partial charge >= 0.3 is 5.97 Å². The van der Waals surface area contributed by atoms with Crippen LogP contribution >= 0.6 is 0 Å². The third-order valence-electron chi connectivity index (χ3n) is 4.33. The lowest BCUT2D eigenvalue weighted by atomic mass is 9.95. The van der Waals surface area contributed by atoms with Crippen molar-refractivity contribution >= 4 is 5.97 Å². The molecule has 2 aliphatic rings. The van der Waals surface area contributed by atoms with E-state index in [4.69, 9.17) is 5.11 Å². The van der Waals surface area contributed by atoms with Gasteiger partial charge in [-0.25, -0.2) is 0 Å². The zero-order valence-electron chi connectivity index (χ0n) is 11.2. The van der Waals surface area contributed by atoms with Crippen LogP contribution in [-0.4, -0.2) is 50.9 Å². The van der Waals surface area contributed by atoms with Crippen LogP contribution in [0.15, 0.2) is 0 Å². The smallest absolute Gasteiger partial charge is 0.307 e. The number of hydrogen-bond donors (Lipinski definition) is 1. The molecule has 2 unspecified atom stereocenters. The maximum absolute atomic E-state index is 11.1. The number of carboxylic acids is 1. The maximum Gasteiger partial charge on any atom is 0.307 e. The van der Waals surface area contributed by atoms with E-state index in [0.717, 1.165) is 37.7 Å². The molecule has 0 amide bonds. The maximum atomic E-state index is 11.1. The Balaban J connectivity index is 1.80. The van der Waals surface area contributed by atoms with Crippen molar-refractivity contribution < 1.29 is 9.90 Å². The first-order chi connectivity index (χ1) is 9.15. The highest BCUT2D eigenvalue weighted by atomic mass is 16.4. The van der Waals surface area contributed by atoms with E-state index in [-0.39, 0.29) is 5.92 Å². The predicted molar refractivity (Wildman–Crippen MR) is 68.9 cm³/mol. The molecule has 0 saturated carbocycles. The highest BCUT2D eigenvalue weighted by molar-refractivity contribution is 5.70. The van der Waals surface area contributed by atoms with E-state index in [1.807, 2.05) is 0 Å². The lowest BCUT2D eigenvalue weighted by Gasteiger charge is -2.30. The average Bonchev–Trinajstić information content (AvgIpc) is 2.81. The lowest BCUT2D eigenvalue weighted by Crippen LogP contribution is -2.33. The number of carboxylic acid groups (broad SMARTS) is 1. The van der Waals surface area contributed by atoms with E-state index in [2.05, 4.69) is 26.7 Å². The zero-order valence-corrected chi connectivity index (χ0v) is 11.2. The summed E-state index contributed by atoms with van der Waals surface area (Å²) in [5, 5.41) is 17.7. The summed E-state index contributed by atoms with van der Waals surface area (Å²) in [5.74, 6) is 1.35. The lowest BCUT2D eigenvalue weighted by molar-refractivity contribution is -0.142. The number of carbonyl (C=O) groups is 1. The highest BCUT2D eigenvalue weighted by Crippen LogP contribution is 2.28. The van der Waals surface area contributed by atoms with E-state index in [1.54, 1.807) is 0 Å². The SMILES string of the molecule is CN1CCCC(c2nnc3n2CCC(C(=O)O)C3)C1. The van der Waals surface area contributed by atoms with Crippen LogP contribution in [0.1, 0.15) is 36.8 Å². The van der Waals surface area contributed by atoms with Crippen molar-refractivity contribution in [3.05, 3.63) is 11.6 Å². The largest absolute Gasteiger partial charge is 0.481 e. The molecule has 6 nitrogen and oxygen atoms in total. The monoisotopic (exact) mass is 264 g/mol. The third kappa shape index (κ3) is 2.36. The molecule has 0 radical (unpaired) electrons. The standard InChI is InChI=1S/C13H20N4O2/c1-16-5-2-3-10(8-16)12-15-14-11-7-9(13(18)19)4-6-17(11)12/h9-10H,2-8H2,1H3,(H,18,19). The van der Waals surface area contributed by atoms with Crippen molar-refractivity contribution in [2.45, 2.75) is 38.1 Å². The van der Waals surface area contributed by atoms with E-state index in [1.165, 1.54) is 6.42 Å². The quantitative estimate of drug-likeness (QED) is 0.853. The Morgan fingerprint density at radius 2 is 2.16 bits per heavy atom. The minimum absolute atomic E-state index is 0.293. The van der Waals surface area contributed by atoms with E-state index in [0.29, 0.717) is 18.8 Å². The Kier molecular flexibility index (Phi) is 3.26. The van der Waals surface area contributed by atoms with Gasteiger partial charge in [0, 0.05) is 25.4 Å². The second kappa shape index (κ2) is 4.92. The Bertz CT molecular complexity index is 485. The number of likely N-dealkylation sites (tertiary alicyclic amines) is 1. The summed E-state index contributed by atoms with van der Waals surface area (Å²) in [5.41, 5.74) is 0. The van der Waals surface area contributed by atoms with Gasteiger partial charge < -0.3 is 14.6 Å². The molecular weight excluding hydrogens is 244 g/mol. The molecule has 1 aromatic rings. The van der Waals surface area contributed by atoms with Crippen LogP contribution in [0.2, 0.25) is 0 Å². The van der Waals surface area contributed by atoms with E-state index in [9.17, 15) is 4.79 Å². The molecule has 6 heteroatoms. The van der Waals surface area contributed by atoms with Gasteiger partial charge in [-0.05, 0) is 32.9 Å². The fourth-order valence-electron chi connectivity index (χ4n) is 3.24. The van der Waals surface area contributed by atoms with Crippen LogP contribution in [0.5, 0.6) is 0 Å². The average molecular weight is 264 g/mol. The number of fused-ring (bicyclic) bond motifs is 1.